The van der Waals surface area contributed by atoms with Crippen LogP contribution in [0.25, 0.3) is 0 Å². The van der Waals surface area contributed by atoms with E-state index in [0.717, 1.165) is 70.1 Å². The molecule has 36 heavy (non-hydrogen) atoms. The molecule has 3 aliphatic heterocycles. The van der Waals surface area contributed by atoms with Crippen molar-refractivity contribution >= 4 is 5.97 Å². The Morgan fingerprint density at radius 1 is 1.06 bits per heavy atom. The summed E-state index contributed by atoms with van der Waals surface area (Å²) in [6.45, 7) is 2.08. The van der Waals surface area contributed by atoms with E-state index in [9.17, 15) is 4.79 Å². The van der Waals surface area contributed by atoms with Crippen molar-refractivity contribution in [2.75, 3.05) is 20.3 Å². The van der Waals surface area contributed by atoms with E-state index in [1.54, 1.807) is 7.11 Å². The topological polar surface area (TPSA) is 72.5 Å². The van der Waals surface area contributed by atoms with Gasteiger partial charge in [0.15, 0.2) is 12.6 Å². The molecule has 1 aromatic rings. The fraction of sp³-hybridized carbons (Fsp3) is 0.690. The molecule has 1 aromatic carbocycles. The van der Waals surface area contributed by atoms with Crippen LogP contribution < -0.4 is 0 Å². The average molecular weight is 501 g/mol. The van der Waals surface area contributed by atoms with Crippen molar-refractivity contribution in [2.45, 2.75) is 95.3 Å². The molecule has 7 heteroatoms. The first-order chi connectivity index (χ1) is 17.7. The van der Waals surface area contributed by atoms with Gasteiger partial charge in [0.05, 0.1) is 25.2 Å². The molecule has 4 aliphatic rings. The number of fused-ring (bicyclic) bond motifs is 1. The Bertz CT molecular complexity index is 874. The van der Waals surface area contributed by atoms with Gasteiger partial charge in [-0.1, -0.05) is 36.4 Å². The summed E-state index contributed by atoms with van der Waals surface area (Å²) in [6, 6.07) is 8.45. The lowest BCUT2D eigenvalue weighted by atomic mass is 9.91. The summed E-state index contributed by atoms with van der Waals surface area (Å²) >= 11 is 0. The molecule has 1 saturated carbocycles. The number of rotatable bonds is 10. The summed E-state index contributed by atoms with van der Waals surface area (Å²) in [5, 5.41) is 0. The maximum Gasteiger partial charge on any atom is 0.306 e. The molecule has 7 atom stereocenters. The third-order valence-corrected chi connectivity index (χ3v) is 7.77. The molecular formula is C29H40O7. The molecular weight excluding hydrogens is 460 g/mol. The zero-order valence-corrected chi connectivity index (χ0v) is 21.3. The maximum absolute atomic E-state index is 12.1. The number of ether oxygens (including phenoxy) is 6. The van der Waals surface area contributed by atoms with Gasteiger partial charge in [-0.3, -0.25) is 4.79 Å². The molecule has 0 N–H and O–H groups in total. The van der Waals surface area contributed by atoms with Crippen LogP contribution in [0.15, 0.2) is 36.4 Å². The minimum Gasteiger partial charge on any atom is -0.462 e. The van der Waals surface area contributed by atoms with E-state index in [1.165, 1.54) is 5.56 Å². The van der Waals surface area contributed by atoms with Crippen LogP contribution in [0, 0.1) is 11.8 Å². The predicted octanol–water partition coefficient (Wildman–Crippen LogP) is 4.71. The van der Waals surface area contributed by atoms with Crippen molar-refractivity contribution in [2.24, 2.45) is 11.8 Å². The molecule has 5 rings (SSSR count). The average Bonchev–Trinajstić information content (AvgIpc) is 3.39. The van der Waals surface area contributed by atoms with Gasteiger partial charge in [0.25, 0.3) is 0 Å². The Morgan fingerprint density at radius 3 is 2.58 bits per heavy atom. The number of methoxy groups -OCH3 is 1. The Balaban J connectivity index is 1.32. The second-order valence-corrected chi connectivity index (χ2v) is 10.5. The lowest BCUT2D eigenvalue weighted by Crippen LogP contribution is -2.31. The molecule has 0 radical (unpaired) electrons. The van der Waals surface area contributed by atoms with Crippen LogP contribution in [-0.4, -0.2) is 57.2 Å². The van der Waals surface area contributed by atoms with E-state index >= 15 is 0 Å². The van der Waals surface area contributed by atoms with Gasteiger partial charge < -0.3 is 28.4 Å². The van der Waals surface area contributed by atoms with Crippen LogP contribution in [0.1, 0.15) is 62.5 Å². The van der Waals surface area contributed by atoms with Gasteiger partial charge >= 0.3 is 5.97 Å². The number of hydrogen-bond acceptors (Lipinski definition) is 7. The minimum atomic E-state index is -0.189. The van der Waals surface area contributed by atoms with Crippen molar-refractivity contribution < 1.29 is 33.2 Å². The van der Waals surface area contributed by atoms with Gasteiger partial charge in [-0.25, -0.2) is 0 Å². The second kappa shape index (κ2) is 12.7. The van der Waals surface area contributed by atoms with Crippen LogP contribution in [0.2, 0.25) is 0 Å². The van der Waals surface area contributed by atoms with E-state index in [2.05, 4.69) is 36.4 Å². The number of hydrogen-bond donors (Lipinski definition) is 0. The Kier molecular flexibility index (Phi) is 9.09. The number of esters is 1. The summed E-state index contributed by atoms with van der Waals surface area (Å²) in [6.07, 6.45) is 11.9. The predicted molar refractivity (Wildman–Crippen MR) is 133 cm³/mol. The standard InChI is InChI=1S/C29H40O7/c1-31-19-21-8-6-7-20(15-21)16-22(34-28-9-2-4-13-32-28)11-12-23-24-17-27(30)35-26(24)18-25(23)36-29-10-3-5-14-33-29/h6-8,11-12,15,22-26,28-29H,2-5,9-10,13-14,16-19H2,1H3/t22-,23-,24-,25-,26+,28?,29?/m1/s1. The quantitative estimate of drug-likeness (QED) is 0.340. The summed E-state index contributed by atoms with van der Waals surface area (Å²) in [5.74, 6) is 0.123. The highest BCUT2D eigenvalue weighted by Gasteiger charge is 2.50. The van der Waals surface area contributed by atoms with Gasteiger partial charge in [0.1, 0.15) is 6.10 Å². The Morgan fingerprint density at radius 2 is 1.83 bits per heavy atom. The van der Waals surface area contributed by atoms with Crippen molar-refractivity contribution in [1.82, 2.24) is 0 Å². The largest absolute Gasteiger partial charge is 0.462 e. The summed E-state index contributed by atoms with van der Waals surface area (Å²) in [5.41, 5.74) is 2.34. The van der Waals surface area contributed by atoms with E-state index in [4.69, 9.17) is 28.4 Å². The third-order valence-electron chi connectivity index (χ3n) is 7.77. The van der Waals surface area contributed by atoms with Crippen LogP contribution in [0.3, 0.4) is 0 Å². The van der Waals surface area contributed by atoms with Crippen molar-refractivity contribution in [1.29, 1.82) is 0 Å². The van der Waals surface area contributed by atoms with Crippen LogP contribution in [-0.2, 0) is 46.2 Å². The first-order valence-electron chi connectivity index (χ1n) is 13.7. The number of carbonyl (C=O) groups excluding carboxylic acids is 1. The fourth-order valence-corrected chi connectivity index (χ4v) is 6.00. The SMILES string of the molecule is COCc1cccc(C[C@@H](C=C[C@@H]2[C@H]3CC(=O)O[C@H]3C[C@H]2OC2CCCCO2)OC2CCCCO2)c1. The van der Waals surface area contributed by atoms with Gasteiger partial charge in [-0.05, 0) is 49.7 Å². The molecule has 0 aromatic heterocycles. The number of carbonyl (C=O) groups is 1. The van der Waals surface area contributed by atoms with Crippen molar-refractivity contribution in [3.05, 3.63) is 47.5 Å². The van der Waals surface area contributed by atoms with Crippen LogP contribution >= 0.6 is 0 Å². The highest BCUT2D eigenvalue weighted by molar-refractivity contribution is 5.72. The van der Waals surface area contributed by atoms with Crippen LogP contribution in [0.5, 0.6) is 0 Å². The molecule has 1 aliphatic carbocycles. The highest BCUT2D eigenvalue weighted by Crippen LogP contribution is 2.44. The summed E-state index contributed by atoms with van der Waals surface area (Å²) < 4.78 is 35.6. The van der Waals surface area contributed by atoms with Gasteiger partial charge in [-0.15, -0.1) is 0 Å². The monoisotopic (exact) mass is 500 g/mol. The molecule has 0 spiro atoms. The summed E-state index contributed by atoms with van der Waals surface area (Å²) in [4.78, 5) is 12.1. The lowest BCUT2D eigenvalue weighted by molar-refractivity contribution is -0.194. The first-order valence-corrected chi connectivity index (χ1v) is 13.7. The third kappa shape index (κ3) is 6.75. The molecule has 4 fully saturated rings. The van der Waals surface area contributed by atoms with E-state index < -0.39 is 0 Å². The Hall–Kier alpha value is -1.77. The summed E-state index contributed by atoms with van der Waals surface area (Å²) in [7, 11) is 1.71. The minimum absolute atomic E-state index is 0.0240. The van der Waals surface area contributed by atoms with Gasteiger partial charge in [0.2, 0.25) is 0 Å². The van der Waals surface area contributed by atoms with Crippen molar-refractivity contribution in [3.8, 4) is 0 Å². The normalized spacial score (nSPS) is 33.5. The highest BCUT2D eigenvalue weighted by atomic mass is 16.7. The van der Waals surface area contributed by atoms with Crippen LogP contribution in [0.4, 0.5) is 0 Å². The Labute approximate surface area is 214 Å². The van der Waals surface area contributed by atoms with E-state index in [0.29, 0.717) is 13.0 Å². The molecule has 0 amide bonds. The zero-order chi connectivity index (χ0) is 24.7. The van der Waals surface area contributed by atoms with Gasteiger partial charge in [-0.2, -0.15) is 0 Å². The second-order valence-electron chi connectivity index (χ2n) is 10.5. The molecule has 7 nitrogen and oxygen atoms in total. The lowest BCUT2D eigenvalue weighted by Gasteiger charge is -2.29. The molecule has 3 saturated heterocycles. The zero-order valence-electron chi connectivity index (χ0n) is 21.3. The first kappa shape index (κ1) is 25.9. The number of benzene rings is 1. The van der Waals surface area contributed by atoms with E-state index in [-0.39, 0.29) is 48.7 Å². The molecule has 198 valence electrons. The van der Waals surface area contributed by atoms with E-state index in [1.807, 2.05) is 0 Å². The molecule has 3 heterocycles. The molecule has 0 bridgehead atoms. The van der Waals surface area contributed by atoms with Crippen molar-refractivity contribution in [3.63, 3.8) is 0 Å². The fourth-order valence-electron chi connectivity index (χ4n) is 6.00. The maximum atomic E-state index is 12.1. The van der Waals surface area contributed by atoms with Gasteiger partial charge in [0, 0.05) is 45.0 Å². The molecule has 2 unspecified atom stereocenters. The smallest absolute Gasteiger partial charge is 0.306 e.